The molecule has 0 radical (unpaired) electrons. The molecule has 32 heavy (non-hydrogen) atoms. The predicted octanol–water partition coefficient (Wildman–Crippen LogP) is 3.28. The maximum atomic E-state index is 5.96. The second-order valence-corrected chi connectivity index (χ2v) is 7.31. The highest BCUT2D eigenvalue weighted by Crippen LogP contribution is 2.17. The molecule has 0 spiro atoms. The number of aliphatic imine (C=N–C) groups is 1. The van der Waals surface area contributed by atoms with Crippen LogP contribution in [-0.2, 0) is 17.8 Å². The standard InChI is InChI=1S/C24H34N4O3.HI/c1-3-25-24(27-19-21-8-4-5-10-23(21)29-2)26-18-20-7-6-9-22(17-20)31-16-13-28-11-14-30-15-12-28;/h4-10,17H,3,11-16,18-19H2,1-2H3,(H2,25,26,27);1H. The van der Waals surface area contributed by atoms with Gasteiger partial charge in [-0.25, -0.2) is 4.99 Å². The number of guanidine groups is 1. The first-order valence-corrected chi connectivity index (χ1v) is 10.9. The van der Waals surface area contributed by atoms with E-state index in [9.17, 15) is 0 Å². The molecule has 2 aromatic rings. The molecule has 0 bridgehead atoms. The summed E-state index contributed by atoms with van der Waals surface area (Å²) in [5, 5.41) is 6.68. The summed E-state index contributed by atoms with van der Waals surface area (Å²) in [6, 6.07) is 16.1. The van der Waals surface area contributed by atoms with Gasteiger partial charge in [0.15, 0.2) is 5.96 Å². The quantitative estimate of drug-likeness (QED) is 0.267. The molecule has 176 valence electrons. The molecule has 1 saturated heterocycles. The number of benzene rings is 2. The van der Waals surface area contributed by atoms with E-state index < -0.39 is 0 Å². The van der Waals surface area contributed by atoms with Crippen LogP contribution in [0.5, 0.6) is 11.5 Å². The largest absolute Gasteiger partial charge is 0.496 e. The fourth-order valence-electron chi connectivity index (χ4n) is 3.39. The highest BCUT2D eigenvalue weighted by molar-refractivity contribution is 14.0. The van der Waals surface area contributed by atoms with Gasteiger partial charge in [0.25, 0.3) is 0 Å². The van der Waals surface area contributed by atoms with E-state index in [2.05, 4.69) is 34.6 Å². The fourth-order valence-corrected chi connectivity index (χ4v) is 3.39. The van der Waals surface area contributed by atoms with E-state index in [0.717, 1.165) is 68.0 Å². The molecule has 0 atom stereocenters. The molecule has 3 rings (SSSR count). The van der Waals surface area contributed by atoms with Gasteiger partial charge in [-0.05, 0) is 30.7 Å². The zero-order valence-corrected chi connectivity index (χ0v) is 21.3. The van der Waals surface area contributed by atoms with Crippen LogP contribution in [0.4, 0.5) is 0 Å². The number of halogens is 1. The Labute approximate surface area is 208 Å². The van der Waals surface area contributed by atoms with E-state index in [1.165, 1.54) is 0 Å². The third-order valence-corrected chi connectivity index (χ3v) is 5.08. The average Bonchev–Trinajstić information content (AvgIpc) is 2.82. The van der Waals surface area contributed by atoms with E-state index in [-0.39, 0.29) is 24.0 Å². The van der Waals surface area contributed by atoms with Gasteiger partial charge in [-0.1, -0.05) is 30.3 Å². The third kappa shape index (κ3) is 8.84. The first kappa shape index (κ1) is 26.2. The van der Waals surface area contributed by atoms with Crippen LogP contribution in [-0.4, -0.2) is 64.0 Å². The van der Waals surface area contributed by atoms with Crippen LogP contribution in [0.15, 0.2) is 53.5 Å². The summed E-state index contributed by atoms with van der Waals surface area (Å²) in [4.78, 5) is 7.09. The highest BCUT2D eigenvalue weighted by Gasteiger charge is 2.10. The molecule has 8 heteroatoms. The third-order valence-electron chi connectivity index (χ3n) is 5.08. The minimum absolute atomic E-state index is 0. The van der Waals surface area contributed by atoms with Crippen molar-refractivity contribution in [2.75, 3.05) is 53.1 Å². The fraction of sp³-hybridized carbons (Fsp3) is 0.458. The Bertz CT molecular complexity index is 828. The molecular weight excluding hydrogens is 519 g/mol. The summed E-state index contributed by atoms with van der Waals surface area (Å²) < 4.78 is 16.8. The van der Waals surface area contributed by atoms with Crippen molar-refractivity contribution < 1.29 is 14.2 Å². The van der Waals surface area contributed by atoms with Crippen molar-refractivity contribution in [3.8, 4) is 11.5 Å². The first-order chi connectivity index (χ1) is 15.3. The Morgan fingerprint density at radius 1 is 1.09 bits per heavy atom. The maximum Gasteiger partial charge on any atom is 0.191 e. The van der Waals surface area contributed by atoms with Crippen molar-refractivity contribution in [2.24, 2.45) is 4.99 Å². The highest BCUT2D eigenvalue weighted by atomic mass is 127. The van der Waals surface area contributed by atoms with Crippen molar-refractivity contribution in [1.82, 2.24) is 15.5 Å². The molecule has 2 N–H and O–H groups in total. The zero-order chi connectivity index (χ0) is 21.7. The minimum Gasteiger partial charge on any atom is -0.496 e. The summed E-state index contributed by atoms with van der Waals surface area (Å²) in [6.07, 6.45) is 0. The van der Waals surface area contributed by atoms with Gasteiger partial charge in [-0.3, -0.25) is 4.90 Å². The van der Waals surface area contributed by atoms with E-state index in [4.69, 9.17) is 19.2 Å². The number of para-hydroxylation sites is 1. The van der Waals surface area contributed by atoms with Crippen LogP contribution >= 0.6 is 24.0 Å². The lowest BCUT2D eigenvalue weighted by Crippen LogP contribution is -2.38. The van der Waals surface area contributed by atoms with E-state index >= 15 is 0 Å². The predicted molar refractivity (Wildman–Crippen MR) is 139 cm³/mol. The second kappa shape index (κ2) is 14.9. The lowest BCUT2D eigenvalue weighted by molar-refractivity contribution is 0.0322. The van der Waals surface area contributed by atoms with Crippen LogP contribution in [0, 0.1) is 0 Å². The Morgan fingerprint density at radius 2 is 1.91 bits per heavy atom. The Balaban J connectivity index is 0.00000363. The van der Waals surface area contributed by atoms with E-state index in [1.807, 2.05) is 36.4 Å². The van der Waals surface area contributed by atoms with Crippen molar-refractivity contribution >= 4 is 29.9 Å². The average molecular weight is 554 g/mol. The monoisotopic (exact) mass is 554 g/mol. The lowest BCUT2D eigenvalue weighted by atomic mass is 10.2. The van der Waals surface area contributed by atoms with E-state index in [0.29, 0.717) is 19.7 Å². The topological polar surface area (TPSA) is 67.4 Å². The molecule has 7 nitrogen and oxygen atoms in total. The summed E-state index contributed by atoms with van der Waals surface area (Å²) >= 11 is 0. The number of nitrogens with zero attached hydrogens (tertiary/aromatic N) is 2. The SMILES string of the molecule is CCNC(=NCc1cccc(OCCN2CCOCC2)c1)NCc1ccccc1OC.I. The first-order valence-electron chi connectivity index (χ1n) is 10.9. The van der Waals surface area contributed by atoms with Gasteiger partial charge in [0.1, 0.15) is 18.1 Å². The number of hydrogen-bond donors (Lipinski definition) is 2. The summed E-state index contributed by atoms with van der Waals surface area (Å²) in [6.45, 7) is 9.24. The Kier molecular flexibility index (Phi) is 12.2. The molecule has 0 unspecified atom stereocenters. The summed E-state index contributed by atoms with van der Waals surface area (Å²) in [7, 11) is 1.69. The molecule has 1 fully saturated rings. The smallest absolute Gasteiger partial charge is 0.191 e. The van der Waals surface area contributed by atoms with Crippen LogP contribution in [0.3, 0.4) is 0 Å². The van der Waals surface area contributed by atoms with Crippen LogP contribution in [0.1, 0.15) is 18.1 Å². The van der Waals surface area contributed by atoms with Crippen LogP contribution in [0.25, 0.3) is 0 Å². The van der Waals surface area contributed by atoms with Crippen molar-refractivity contribution in [3.63, 3.8) is 0 Å². The molecule has 1 aliphatic rings. The minimum atomic E-state index is 0. The molecular formula is C24H35IN4O3. The van der Waals surface area contributed by atoms with Gasteiger partial charge in [-0.2, -0.15) is 0 Å². The maximum absolute atomic E-state index is 5.96. The van der Waals surface area contributed by atoms with Crippen molar-refractivity contribution in [2.45, 2.75) is 20.0 Å². The van der Waals surface area contributed by atoms with Gasteiger partial charge in [0, 0.05) is 38.3 Å². The molecule has 1 aliphatic heterocycles. The number of nitrogens with one attached hydrogen (secondary N) is 2. The second-order valence-electron chi connectivity index (χ2n) is 7.31. The molecule has 0 aliphatic carbocycles. The van der Waals surface area contributed by atoms with Crippen LogP contribution in [0.2, 0.25) is 0 Å². The molecule has 1 heterocycles. The molecule has 0 aromatic heterocycles. The zero-order valence-electron chi connectivity index (χ0n) is 19.0. The lowest BCUT2D eigenvalue weighted by Gasteiger charge is -2.26. The van der Waals surface area contributed by atoms with Crippen LogP contribution < -0.4 is 20.1 Å². The molecule has 0 amide bonds. The Hall–Kier alpha value is -2.04. The number of methoxy groups -OCH3 is 1. The van der Waals surface area contributed by atoms with Crippen molar-refractivity contribution in [3.05, 3.63) is 59.7 Å². The number of morpholine rings is 1. The normalized spacial score (nSPS) is 14.4. The van der Waals surface area contributed by atoms with Gasteiger partial charge in [0.2, 0.25) is 0 Å². The molecule has 2 aromatic carbocycles. The van der Waals surface area contributed by atoms with E-state index in [1.54, 1.807) is 7.11 Å². The van der Waals surface area contributed by atoms with Gasteiger partial charge < -0.3 is 24.8 Å². The number of hydrogen-bond acceptors (Lipinski definition) is 5. The summed E-state index contributed by atoms with van der Waals surface area (Å²) in [5.74, 6) is 2.52. The van der Waals surface area contributed by atoms with Crippen molar-refractivity contribution in [1.29, 1.82) is 0 Å². The number of ether oxygens (including phenoxy) is 3. The summed E-state index contributed by atoms with van der Waals surface area (Å²) in [5.41, 5.74) is 2.20. The van der Waals surface area contributed by atoms with Gasteiger partial charge >= 0.3 is 0 Å². The number of rotatable bonds is 10. The molecule has 0 saturated carbocycles. The Morgan fingerprint density at radius 3 is 2.69 bits per heavy atom. The van der Waals surface area contributed by atoms with Gasteiger partial charge in [-0.15, -0.1) is 24.0 Å². The van der Waals surface area contributed by atoms with Gasteiger partial charge in [0.05, 0.1) is 26.9 Å².